The Hall–Kier alpha value is -3.23. The zero-order valence-electron chi connectivity index (χ0n) is 19.5. The van der Waals surface area contributed by atoms with Gasteiger partial charge in [-0.15, -0.1) is 0 Å². The number of aromatic amines is 1. The van der Waals surface area contributed by atoms with Crippen molar-refractivity contribution in [3.8, 4) is 5.69 Å². The van der Waals surface area contributed by atoms with Gasteiger partial charge in [0, 0.05) is 40.6 Å². The Morgan fingerprint density at radius 1 is 1.29 bits per heavy atom. The fourth-order valence-corrected chi connectivity index (χ4v) is 5.29. The molecule has 4 aromatic rings. The van der Waals surface area contributed by atoms with Crippen molar-refractivity contribution in [2.75, 3.05) is 20.3 Å². The van der Waals surface area contributed by atoms with E-state index < -0.39 is 17.5 Å². The van der Waals surface area contributed by atoms with Crippen LogP contribution in [0.3, 0.4) is 0 Å². The number of methoxy groups -OCH3 is 1. The van der Waals surface area contributed by atoms with Crippen LogP contribution in [0.15, 0.2) is 42.6 Å². The Morgan fingerprint density at radius 2 is 2.06 bits per heavy atom. The minimum absolute atomic E-state index is 0.00583. The van der Waals surface area contributed by atoms with E-state index >= 15 is 0 Å². The van der Waals surface area contributed by atoms with Crippen LogP contribution in [0, 0.1) is 5.82 Å². The van der Waals surface area contributed by atoms with Crippen molar-refractivity contribution in [1.82, 2.24) is 14.8 Å². The summed E-state index contributed by atoms with van der Waals surface area (Å²) in [7, 11) is 1.68. The van der Waals surface area contributed by atoms with E-state index in [-0.39, 0.29) is 11.7 Å². The number of aliphatic carboxylic acids is 1. The van der Waals surface area contributed by atoms with Crippen LogP contribution in [0.4, 0.5) is 4.39 Å². The van der Waals surface area contributed by atoms with E-state index in [0.717, 1.165) is 38.8 Å². The second-order valence-corrected chi connectivity index (χ2v) is 9.65. The van der Waals surface area contributed by atoms with Crippen LogP contribution in [-0.2, 0) is 19.7 Å². The standard InChI is InChI=1S/C26H28FN3O4/c1-26(2,14-33-3)24-23(15-4-9-22(25(31)32)34-13-15)19-11-20-16(12-28-29-20)10-21(19)30(24)18-7-5-17(27)6-8-18/h5-8,10-12,15,22H,4,9,13-14H2,1-3H3,(H,28,29)(H,31,32)/t15-,22+/m1/s1. The van der Waals surface area contributed by atoms with Crippen molar-refractivity contribution in [2.24, 2.45) is 0 Å². The summed E-state index contributed by atoms with van der Waals surface area (Å²) in [6, 6.07) is 10.7. The molecule has 7 nitrogen and oxygen atoms in total. The van der Waals surface area contributed by atoms with E-state index in [0.29, 0.717) is 26.1 Å². The summed E-state index contributed by atoms with van der Waals surface area (Å²) in [5.41, 5.74) is 4.52. The molecule has 2 atom stereocenters. The Morgan fingerprint density at radius 3 is 2.71 bits per heavy atom. The number of hydrogen-bond acceptors (Lipinski definition) is 4. The number of carboxylic acids is 1. The van der Waals surface area contributed by atoms with Crippen LogP contribution in [0.2, 0.25) is 0 Å². The van der Waals surface area contributed by atoms with Gasteiger partial charge in [-0.3, -0.25) is 5.10 Å². The highest BCUT2D eigenvalue weighted by Gasteiger charge is 2.37. The van der Waals surface area contributed by atoms with Crippen molar-refractivity contribution < 1.29 is 23.8 Å². The molecular weight excluding hydrogens is 437 g/mol. The monoisotopic (exact) mass is 465 g/mol. The minimum Gasteiger partial charge on any atom is -0.479 e. The van der Waals surface area contributed by atoms with Crippen molar-refractivity contribution >= 4 is 27.8 Å². The fraction of sp³-hybridized carbons (Fsp3) is 0.385. The molecule has 0 bridgehead atoms. The number of fused-ring (bicyclic) bond motifs is 2. The van der Waals surface area contributed by atoms with E-state index in [9.17, 15) is 14.3 Å². The van der Waals surface area contributed by atoms with Crippen molar-refractivity contribution in [1.29, 1.82) is 0 Å². The van der Waals surface area contributed by atoms with Gasteiger partial charge in [-0.25, -0.2) is 9.18 Å². The maximum absolute atomic E-state index is 13.8. The van der Waals surface area contributed by atoms with Gasteiger partial charge in [0.15, 0.2) is 6.10 Å². The second kappa shape index (κ2) is 8.52. The summed E-state index contributed by atoms with van der Waals surface area (Å²) in [6.45, 7) is 5.05. The first-order chi connectivity index (χ1) is 16.3. The lowest BCUT2D eigenvalue weighted by atomic mass is 9.80. The number of ether oxygens (including phenoxy) is 2. The van der Waals surface area contributed by atoms with Crippen LogP contribution in [0.5, 0.6) is 0 Å². The summed E-state index contributed by atoms with van der Waals surface area (Å²) >= 11 is 0. The maximum Gasteiger partial charge on any atom is 0.332 e. The Bertz CT molecular complexity index is 1350. The Labute approximate surface area is 196 Å². The highest BCUT2D eigenvalue weighted by atomic mass is 19.1. The predicted octanol–water partition coefficient (Wildman–Crippen LogP) is 4.92. The summed E-state index contributed by atoms with van der Waals surface area (Å²) < 4.78 is 27.4. The number of rotatable bonds is 6. The quantitative estimate of drug-likeness (QED) is 0.422. The molecule has 0 unspecified atom stereocenters. The maximum atomic E-state index is 13.8. The number of halogens is 1. The van der Waals surface area contributed by atoms with Gasteiger partial charge in [0.25, 0.3) is 0 Å². The molecule has 2 aromatic carbocycles. The van der Waals surface area contributed by atoms with E-state index in [1.807, 2.05) is 0 Å². The zero-order valence-corrected chi connectivity index (χ0v) is 19.5. The molecule has 3 heterocycles. The van der Waals surface area contributed by atoms with Crippen LogP contribution < -0.4 is 0 Å². The van der Waals surface area contributed by atoms with Gasteiger partial charge in [0.05, 0.1) is 30.4 Å². The third-order valence-corrected chi connectivity index (χ3v) is 6.76. The fourth-order valence-electron chi connectivity index (χ4n) is 5.29. The SMILES string of the molecule is COCC(C)(C)c1c([C@@H]2CC[C@@H](C(=O)O)OC2)c2cc3[nH]ncc3cc2n1-c1ccc(F)cc1. The third-order valence-electron chi connectivity index (χ3n) is 6.76. The molecule has 5 rings (SSSR count). The summed E-state index contributed by atoms with van der Waals surface area (Å²) in [4.78, 5) is 11.5. The van der Waals surface area contributed by atoms with Crippen LogP contribution >= 0.6 is 0 Å². The van der Waals surface area contributed by atoms with Gasteiger partial charge in [0.1, 0.15) is 5.82 Å². The Balaban J connectivity index is 1.81. The zero-order chi connectivity index (χ0) is 24.0. The van der Waals surface area contributed by atoms with Crippen molar-refractivity contribution in [2.45, 2.75) is 44.1 Å². The smallest absolute Gasteiger partial charge is 0.332 e. The Kier molecular flexibility index (Phi) is 5.65. The molecule has 1 fully saturated rings. The van der Waals surface area contributed by atoms with Gasteiger partial charge in [-0.05, 0) is 54.8 Å². The highest BCUT2D eigenvalue weighted by molar-refractivity contribution is 5.99. The summed E-state index contributed by atoms with van der Waals surface area (Å²) in [5.74, 6) is -1.21. The highest BCUT2D eigenvalue weighted by Crippen LogP contribution is 2.44. The summed E-state index contributed by atoms with van der Waals surface area (Å²) in [6.07, 6.45) is 2.14. The lowest BCUT2D eigenvalue weighted by Gasteiger charge is -2.32. The lowest BCUT2D eigenvalue weighted by Crippen LogP contribution is -2.33. The number of carboxylic acid groups (broad SMARTS) is 1. The predicted molar refractivity (Wildman–Crippen MR) is 127 cm³/mol. The molecule has 34 heavy (non-hydrogen) atoms. The molecule has 8 heteroatoms. The number of carbonyl (C=O) groups is 1. The molecule has 178 valence electrons. The molecule has 1 saturated heterocycles. The van der Waals surface area contributed by atoms with Crippen molar-refractivity contribution in [3.63, 3.8) is 0 Å². The number of nitrogens with one attached hydrogen (secondary N) is 1. The summed E-state index contributed by atoms with van der Waals surface area (Å²) in [5, 5.41) is 18.7. The second-order valence-electron chi connectivity index (χ2n) is 9.65. The molecule has 0 aliphatic carbocycles. The van der Waals surface area contributed by atoms with E-state index in [4.69, 9.17) is 9.47 Å². The molecule has 0 saturated carbocycles. The normalized spacial score (nSPS) is 19.2. The van der Waals surface area contributed by atoms with Crippen LogP contribution in [0.25, 0.3) is 27.5 Å². The van der Waals surface area contributed by atoms with E-state index in [1.165, 1.54) is 12.1 Å². The van der Waals surface area contributed by atoms with E-state index in [2.05, 4.69) is 40.7 Å². The number of benzene rings is 2. The van der Waals surface area contributed by atoms with Gasteiger partial charge < -0.3 is 19.1 Å². The van der Waals surface area contributed by atoms with Gasteiger partial charge in [0.2, 0.25) is 0 Å². The van der Waals surface area contributed by atoms with E-state index in [1.54, 1.807) is 25.4 Å². The van der Waals surface area contributed by atoms with Crippen LogP contribution in [0.1, 0.15) is 43.9 Å². The third kappa shape index (κ3) is 3.76. The topological polar surface area (TPSA) is 89.4 Å². The average molecular weight is 466 g/mol. The first-order valence-corrected chi connectivity index (χ1v) is 11.4. The minimum atomic E-state index is -0.925. The largest absolute Gasteiger partial charge is 0.479 e. The molecule has 1 aliphatic rings. The van der Waals surface area contributed by atoms with Gasteiger partial charge >= 0.3 is 5.97 Å². The number of aromatic nitrogens is 3. The number of hydrogen-bond donors (Lipinski definition) is 2. The molecule has 0 spiro atoms. The molecule has 2 N–H and O–H groups in total. The molecular formula is C26H28FN3O4. The van der Waals surface area contributed by atoms with Gasteiger partial charge in [-0.1, -0.05) is 13.8 Å². The molecule has 2 aromatic heterocycles. The van der Waals surface area contributed by atoms with Crippen molar-refractivity contribution in [3.05, 3.63) is 59.7 Å². The lowest BCUT2D eigenvalue weighted by molar-refractivity contribution is -0.153. The molecule has 0 amide bonds. The van der Waals surface area contributed by atoms with Crippen LogP contribution in [-0.4, -0.2) is 52.3 Å². The molecule has 0 radical (unpaired) electrons. The number of nitrogens with zero attached hydrogens (tertiary/aromatic N) is 2. The first-order valence-electron chi connectivity index (χ1n) is 11.4. The average Bonchev–Trinajstić information content (AvgIpc) is 3.40. The number of H-pyrrole nitrogens is 1. The first kappa shape index (κ1) is 22.6. The van der Waals surface area contributed by atoms with Gasteiger partial charge in [-0.2, -0.15) is 5.10 Å². The molecule has 1 aliphatic heterocycles.